The first-order valence-electron chi connectivity index (χ1n) is 6.22. The lowest BCUT2D eigenvalue weighted by Gasteiger charge is -2.29. The summed E-state index contributed by atoms with van der Waals surface area (Å²) in [6.45, 7) is 4.22. The minimum Gasteiger partial charge on any atom is -0.332 e. The number of hydrogen-bond donors (Lipinski definition) is 1. The Bertz CT molecular complexity index is 285. The van der Waals surface area contributed by atoms with Crippen LogP contribution in [0.4, 0.5) is 0 Å². The molecule has 0 aliphatic carbocycles. The third-order valence-corrected chi connectivity index (χ3v) is 3.69. The first kappa shape index (κ1) is 11.6. The van der Waals surface area contributed by atoms with Crippen LogP contribution in [-0.4, -0.2) is 42.3 Å². The van der Waals surface area contributed by atoms with Crippen molar-refractivity contribution in [3.63, 3.8) is 0 Å². The van der Waals surface area contributed by atoms with Gasteiger partial charge in [-0.25, -0.2) is 0 Å². The summed E-state index contributed by atoms with van der Waals surface area (Å²) in [6.07, 6.45) is 3.66. The third kappa shape index (κ3) is 2.26. The van der Waals surface area contributed by atoms with E-state index in [4.69, 9.17) is 0 Å². The quantitative estimate of drug-likeness (QED) is 0.746. The van der Waals surface area contributed by atoms with Crippen molar-refractivity contribution in [2.24, 2.45) is 5.92 Å². The van der Waals surface area contributed by atoms with Gasteiger partial charge in [0.15, 0.2) is 5.78 Å². The number of piperidine rings is 1. The maximum absolute atomic E-state index is 12.3. The number of hydrogen-bond acceptors (Lipinski definition) is 3. The Balaban J connectivity index is 1.99. The lowest BCUT2D eigenvalue weighted by atomic mass is 9.96. The molecule has 0 aromatic carbocycles. The minimum absolute atomic E-state index is 0.137. The fourth-order valence-electron chi connectivity index (χ4n) is 2.76. The molecule has 2 saturated heterocycles. The zero-order chi connectivity index (χ0) is 11.5. The van der Waals surface area contributed by atoms with Crippen molar-refractivity contribution in [1.29, 1.82) is 0 Å². The molecule has 0 unspecified atom stereocenters. The average Bonchev–Trinajstić information content (AvgIpc) is 2.78. The summed E-state index contributed by atoms with van der Waals surface area (Å²) in [5.41, 5.74) is 0. The smallest absolute Gasteiger partial charge is 0.226 e. The fraction of sp³-hybridized carbons (Fsp3) is 0.833. The molecular weight excluding hydrogens is 204 g/mol. The number of rotatable bonds is 2. The SMILES string of the molecule is CC(=O)[C@H]1CCCN1C(=O)C1CCNCC1. The Morgan fingerprint density at radius 2 is 1.88 bits per heavy atom. The highest BCUT2D eigenvalue weighted by Gasteiger charge is 2.35. The number of carbonyl (C=O) groups excluding carboxylic acids is 2. The molecule has 0 bridgehead atoms. The summed E-state index contributed by atoms with van der Waals surface area (Å²) >= 11 is 0. The number of amides is 1. The van der Waals surface area contributed by atoms with Crippen molar-refractivity contribution < 1.29 is 9.59 Å². The van der Waals surface area contributed by atoms with Crippen molar-refractivity contribution >= 4 is 11.7 Å². The highest BCUT2D eigenvalue weighted by molar-refractivity contribution is 5.89. The van der Waals surface area contributed by atoms with Gasteiger partial charge in [-0.3, -0.25) is 9.59 Å². The highest BCUT2D eigenvalue weighted by Crippen LogP contribution is 2.23. The van der Waals surface area contributed by atoms with Gasteiger partial charge in [-0.15, -0.1) is 0 Å². The molecule has 0 aromatic heterocycles. The monoisotopic (exact) mass is 224 g/mol. The van der Waals surface area contributed by atoms with Crippen LogP contribution in [0.2, 0.25) is 0 Å². The van der Waals surface area contributed by atoms with Gasteiger partial charge in [-0.2, -0.15) is 0 Å². The van der Waals surface area contributed by atoms with Gasteiger partial charge in [0.1, 0.15) is 0 Å². The number of likely N-dealkylation sites (tertiary alicyclic amines) is 1. The number of Topliss-reactive ketones (excluding diaryl/α,β-unsaturated/α-hetero) is 1. The molecule has 4 heteroatoms. The normalized spacial score (nSPS) is 27.1. The number of carbonyl (C=O) groups is 2. The second-order valence-electron chi connectivity index (χ2n) is 4.82. The summed E-state index contributed by atoms with van der Waals surface area (Å²) in [5.74, 6) is 0.486. The molecule has 1 atom stereocenters. The lowest BCUT2D eigenvalue weighted by molar-refractivity contribution is -0.141. The largest absolute Gasteiger partial charge is 0.332 e. The van der Waals surface area contributed by atoms with Gasteiger partial charge in [0.2, 0.25) is 5.91 Å². The standard InChI is InChI=1S/C12H20N2O2/c1-9(15)11-3-2-8-14(11)12(16)10-4-6-13-7-5-10/h10-11,13H,2-8H2,1H3/t11-/m1/s1. The zero-order valence-corrected chi connectivity index (χ0v) is 9.87. The van der Waals surface area contributed by atoms with Crippen LogP contribution in [0.15, 0.2) is 0 Å². The van der Waals surface area contributed by atoms with Gasteiger partial charge in [-0.05, 0) is 45.7 Å². The summed E-state index contributed by atoms with van der Waals surface area (Å²) < 4.78 is 0. The topological polar surface area (TPSA) is 49.4 Å². The Morgan fingerprint density at radius 1 is 1.19 bits per heavy atom. The van der Waals surface area contributed by atoms with Crippen LogP contribution in [0.3, 0.4) is 0 Å². The second kappa shape index (κ2) is 4.95. The first-order valence-corrected chi connectivity index (χ1v) is 6.22. The Hall–Kier alpha value is -0.900. The van der Waals surface area contributed by atoms with Crippen LogP contribution in [0.5, 0.6) is 0 Å². The molecule has 90 valence electrons. The van der Waals surface area contributed by atoms with Gasteiger partial charge in [0.05, 0.1) is 6.04 Å². The van der Waals surface area contributed by atoms with Crippen LogP contribution >= 0.6 is 0 Å². The fourth-order valence-corrected chi connectivity index (χ4v) is 2.76. The van der Waals surface area contributed by atoms with E-state index < -0.39 is 0 Å². The van der Waals surface area contributed by atoms with E-state index in [1.807, 2.05) is 4.90 Å². The van der Waals surface area contributed by atoms with Crippen LogP contribution < -0.4 is 5.32 Å². The summed E-state index contributed by atoms with van der Waals surface area (Å²) in [4.78, 5) is 25.5. The maximum atomic E-state index is 12.3. The molecule has 2 fully saturated rings. The Morgan fingerprint density at radius 3 is 2.50 bits per heavy atom. The molecule has 4 nitrogen and oxygen atoms in total. The van der Waals surface area contributed by atoms with E-state index in [-0.39, 0.29) is 23.7 Å². The van der Waals surface area contributed by atoms with Crippen LogP contribution in [0.1, 0.15) is 32.6 Å². The molecule has 1 amide bonds. The molecule has 16 heavy (non-hydrogen) atoms. The van der Waals surface area contributed by atoms with E-state index in [9.17, 15) is 9.59 Å². The average molecular weight is 224 g/mol. The van der Waals surface area contributed by atoms with E-state index in [2.05, 4.69) is 5.32 Å². The van der Waals surface area contributed by atoms with Crippen molar-refractivity contribution in [2.75, 3.05) is 19.6 Å². The number of nitrogens with zero attached hydrogens (tertiary/aromatic N) is 1. The molecule has 2 rings (SSSR count). The number of ketones is 1. The van der Waals surface area contributed by atoms with Crippen LogP contribution in [-0.2, 0) is 9.59 Å². The van der Waals surface area contributed by atoms with Crippen LogP contribution in [0.25, 0.3) is 0 Å². The minimum atomic E-state index is -0.137. The molecular formula is C12H20N2O2. The lowest BCUT2D eigenvalue weighted by Crippen LogP contribution is -2.45. The molecule has 0 aromatic rings. The first-order chi connectivity index (χ1) is 7.70. The molecule has 2 aliphatic rings. The Kier molecular flexibility index (Phi) is 3.59. The van der Waals surface area contributed by atoms with E-state index in [0.29, 0.717) is 0 Å². The molecule has 0 radical (unpaired) electrons. The van der Waals surface area contributed by atoms with E-state index in [1.165, 1.54) is 0 Å². The van der Waals surface area contributed by atoms with E-state index in [1.54, 1.807) is 6.92 Å². The highest BCUT2D eigenvalue weighted by atomic mass is 16.2. The molecule has 0 saturated carbocycles. The third-order valence-electron chi connectivity index (χ3n) is 3.69. The van der Waals surface area contributed by atoms with Crippen molar-refractivity contribution in [1.82, 2.24) is 10.2 Å². The van der Waals surface area contributed by atoms with Gasteiger partial charge in [-0.1, -0.05) is 0 Å². The van der Waals surface area contributed by atoms with Crippen LogP contribution in [0, 0.1) is 5.92 Å². The van der Waals surface area contributed by atoms with E-state index in [0.717, 1.165) is 45.3 Å². The predicted octanol–water partition coefficient (Wildman–Crippen LogP) is 0.566. The predicted molar refractivity (Wildman–Crippen MR) is 61.0 cm³/mol. The molecule has 2 aliphatic heterocycles. The van der Waals surface area contributed by atoms with Crippen molar-refractivity contribution in [3.05, 3.63) is 0 Å². The Labute approximate surface area is 96.4 Å². The molecule has 2 heterocycles. The summed E-state index contributed by atoms with van der Waals surface area (Å²) in [7, 11) is 0. The van der Waals surface area contributed by atoms with Gasteiger partial charge < -0.3 is 10.2 Å². The van der Waals surface area contributed by atoms with Crippen molar-refractivity contribution in [3.8, 4) is 0 Å². The van der Waals surface area contributed by atoms with Gasteiger partial charge in [0.25, 0.3) is 0 Å². The summed E-state index contributed by atoms with van der Waals surface area (Å²) in [6, 6.07) is -0.137. The van der Waals surface area contributed by atoms with Gasteiger partial charge in [0, 0.05) is 12.5 Å². The maximum Gasteiger partial charge on any atom is 0.226 e. The second-order valence-corrected chi connectivity index (χ2v) is 4.82. The zero-order valence-electron chi connectivity index (χ0n) is 9.87. The van der Waals surface area contributed by atoms with Gasteiger partial charge >= 0.3 is 0 Å². The summed E-state index contributed by atoms with van der Waals surface area (Å²) in [5, 5.41) is 3.26. The number of nitrogens with one attached hydrogen (secondary N) is 1. The molecule has 0 spiro atoms. The van der Waals surface area contributed by atoms with E-state index >= 15 is 0 Å². The molecule has 1 N–H and O–H groups in total. The van der Waals surface area contributed by atoms with Crippen molar-refractivity contribution in [2.45, 2.75) is 38.6 Å².